The Hall–Kier alpha value is -1.88. The smallest absolute Gasteiger partial charge is 0.346 e. The molecule has 0 spiro atoms. The van der Waals surface area contributed by atoms with Gasteiger partial charge in [0.05, 0.1) is 5.52 Å². The monoisotopic (exact) mass is 232 g/mol. The fourth-order valence-electron chi connectivity index (χ4n) is 1.77. The summed E-state index contributed by atoms with van der Waals surface area (Å²) in [6.07, 6.45) is 1.90. The molecule has 1 N–H and O–H groups in total. The van der Waals surface area contributed by atoms with Crippen molar-refractivity contribution in [3.05, 3.63) is 34.8 Å². The van der Waals surface area contributed by atoms with E-state index in [4.69, 9.17) is 5.11 Å². The third-order valence-electron chi connectivity index (χ3n) is 2.53. The number of fused-ring (bicyclic) bond motifs is 3. The molecule has 0 radical (unpaired) electrons. The van der Waals surface area contributed by atoms with E-state index in [-0.39, 0.29) is 0 Å². The molecule has 0 unspecified atom stereocenters. The van der Waals surface area contributed by atoms with Crippen LogP contribution in [0.1, 0.15) is 15.2 Å². The molecule has 5 heteroatoms. The first-order valence-electron chi connectivity index (χ1n) is 4.77. The van der Waals surface area contributed by atoms with Crippen LogP contribution in [-0.2, 0) is 0 Å². The molecule has 0 fully saturated rings. The topological polar surface area (TPSA) is 54.6 Å². The molecule has 0 amide bonds. The zero-order valence-electron chi connectivity index (χ0n) is 8.47. The zero-order chi connectivity index (χ0) is 11.3. The normalized spacial score (nSPS) is 11.3. The van der Waals surface area contributed by atoms with Crippen LogP contribution in [0.15, 0.2) is 24.4 Å². The second kappa shape index (κ2) is 3.05. The van der Waals surface area contributed by atoms with E-state index in [2.05, 4.69) is 4.98 Å². The van der Waals surface area contributed by atoms with Gasteiger partial charge in [-0.05, 0) is 24.6 Å². The highest BCUT2D eigenvalue weighted by Crippen LogP contribution is 2.27. The molecule has 0 aliphatic heterocycles. The van der Waals surface area contributed by atoms with E-state index < -0.39 is 5.97 Å². The minimum absolute atomic E-state index is 0.327. The second-order valence-electron chi connectivity index (χ2n) is 3.60. The van der Waals surface area contributed by atoms with Crippen molar-refractivity contribution in [3.63, 3.8) is 0 Å². The van der Waals surface area contributed by atoms with Crippen LogP contribution in [0.5, 0.6) is 0 Å². The van der Waals surface area contributed by atoms with Crippen molar-refractivity contribution < 1.29 is 9.90 Å². The molecule has 0 atom stereocenters. The number of aromatic carboxylic acids is 1. The van der Waals surface area contributed by atoms with E-state index in [1.54, 1.807) is 6.07 Å². The SMILES string of the molecule is Cc1cccn2c1nc1sc(C(=O)O)cc12. The third-order valence-corrected chi connectivity index (χ3v) is 3.54. The lowest BCUT2D eigenvalue weighted by Gasteiger charge is -1.96. The Morgan fingerprint density at radius 3 is 3.12 bits per heavy atom. The Balaban J connectivity index is 2.43. The van der Waals surface area contributed by atoms with Crippen LogP contribution in [0.25, 0.3) is 16.0 Å². The van der Waals surface area contributed by atoms with Crippen LogP contribution in [0.3, 0.4) is 0 Å². The maximum atomic E-state index is 10.8. The van der Waals surface area contributed by atoms with E-state index in [0.717, 1.165) is 21.6 Å². The maximum Gasteiger partial charge on any atom is 0.346 e. The van der Waals surface area contributed by atoms with Crippen molar-refractivity contribution in [2.45, 2.75) is 6.92 Å². The van der Waals surface area contributed by atoms with Gasteiger partial charge in [0.15, 0.2) is 0 Å². The summed E-state index contributed by atoms with van der Waals surface area (Å²) in [6.45, 7) is 1.99. The van der Waals surface area contributed by atoms with E-state index in [1.807, 2.05) is 29.7 Å². The highest BCUT2D eigenvalue weighted by atomic mass is 32.1. The van der Waals surface area contributed by atoms with Gasteiger partial charge in [-0.2, -0.15) is 0 Å². The van der Waals surface area contributed by atoms with Gasteiger partial charge in [0.2, 0.25) is 0 Å². The predicted octanol–water partition coefficient (Wildman–Crippen LogP) is 2.56. The van der Waals surface area contributed by atoms with E-state index in [0.29, 0.717) is 4.88 Å². The van der Waals surface area contributed by atoms with Gasteiger partial charge in [-0.25, -0.2) is 9.78 Å². The van der Waals surface area contributed by atoms with Gasteiger partial charge < -0.3 is 5.11 Å². The average molecular weight is 232 g/mol. The number of hydrogen-bond donors (Lipinski definition) is 1. The van der Waals surface area contributed by atoms with Crippen LogP contribution >= 0.6 is 11.3 Å². The van der Waals surface area contributed by atoms with Crippen LogP contribution < -0.4 is 0 Å². The number of thiophene rings is 1. The van der Waals surface area contributed by atoms with Crippen molar-refractivity contribution >= 4 is 33.3 Å². The lowest BCUT2D eigenvalue weighted by molar-refractivity contribution is 0.0702. The van der Waals surface area contributed by atoms with Crippen molar-refractivity contribution in [2.24, 2.45) is 0 Å². The van der Waals surface area contributed by atoms with Gasteiger partial charge in [-0.15, -0.1) is 11.3 Å². The molecule has 0 aliphatic carbocycles. The summed E-state index contributed by atoms with van der Waals surface area (Å²) in [4.78, 5) is 16.4. The zero-order valence-corrected chi connectivity index (χ0v) is 9.28. The standard InChI is InChI=1S/C11H8N2O2S/c1-6-3-2-4-13-7-5-8(11(14)15)16-10(7)12-9(6)13/h2-5H,1H3,(H,14,15). The highest BCUT2D eigenvalue weighted by Gasteiger charge is 2.13. The minimum Gasteiger partial charge on any atom is -0.477 e. The first kappa shape index (κ1) is 9.35. The molecule has 16 heavy (non-hydrogen) atoms. The Labute approximate surface area is 94.8 Å². The van der Waals surface area contributed by atoms with Crippen LogP contribution in [0.4, 0.5) is 0 Å². The van der Waals surface area contributed by atoms with Crippen LogP contribution in [-0.4, -0.2) is 20.5 Å². The summed E-state index contributed by atoms with van der Waals surface area (Å²) < 4.78 is 1.92. The Morgan fingerprint density at radius 2 is 2.38 bits per heavy atom. The van der Waals surface area contributed by atoms with Crippen molar-refractivity contribution in [3.8, 4) is 0 Å². The number of hydrogen-bond acceptors (Lipinski definition) is 3. The molecular formula is C11H8N2O2S. The molecule has 0 aromatic carbocycles. The second-order valence-corrected chi connectivity index (χ2v) is 4.63. The number of carboxylic acids is 1. The summed E-state index contributed by atoms with van der Waals surface area (Å²) >= 11 is 1.21. The van der Waals surface area contributed by atoms with Gasteiger partial charge in [0.1, 0.15) is 15.4 Å². The molecule has 0 aliphatic rings. The van der Waals surface area contributed by atoms with Crippen LogP contribution in [0, 0.1) is 6.92 Å². The number of nitrogens with zero attached hydrogens (tertiary/aromatic N) is 2. The summed E-state index contributed by atoms with van der Waals surface area (Å²) in [5, 5.41) is 8.90. The molecule has 3 rings (SSSR count). The summed E-state index contributed by atoms with van der Waals surface area (Å²) in [5.74, 6) is -0.899. The largest absolute Gasteiger partial charge is 0.477 e. The highest BCUT2D eigenvalue weighted by molar-refractivity contribution is 7.20. The van der Waals surface area contributed by atoms with Crippen molar-refractivity contribution in [1.29, 1.82) is 0 Å². The maximum absolute atomic E-state index is 10.8. The third kappa shape index (κ3) is 1.15. The molecule has 3 aromatic heterocycles. The number of rotatable bonds is 1. The molecule has 3 aromatic rings. The van der Waals surface area contributed by atoms with Crippen molar-refractivity contribution in [2.75, 3.05) is 0 Å². The van der Waals surface area contributed by atoms with Crippen LogP contribution in [0.2, 0.25) is 0 Å². The number of carbonyl (C=O) groups is 1. The number of pyridine rings is 1. The number of aryl methyl sites for hydroxylation is 1. The Bertz CT molecular complexity index is 711. The average Bonchev–Trinajstić information content (AvgIpc) is 2.76. The van der Waals surface area contributed by atoms with Gasteiger partial charge in [-0.1, -0.05) is 6.07 Å². The Kier molecular flexibility index (Phi) is 1.79. The first-order chi connectivity index (χ1) is 7.66. The van der Waals surface area contributed by atoms with E-state index >= 15 is 0 Å². The van der Waals surface area contributed by atoms with Gasteiger partial charge in [0.25, 0.3) is 0 Å². The van der Waals surface area contributed by atoms with E-state index in [9.17, 15) is 4.79 Å². The molecule has 4 nitrogen and oxygen atoms in total. The number of imidazole rings is 1. The quantitative estimate of drug-likeness (QED) is 0.701. The molecule has 0 saturated heterocycles. The number of carboxylic acid groups (broad SMARTS) is 1. The molecular weight excluding hydrogens is 224 g/mol. The molecule has 0 saturated carbocycles. The summed E-state index contributed by atoms with van der Waals surface area (Å²) in [7, 11) is 0. The summed E-state index contributed by atoms with van der Waals surface area (Å²) in [5.41, 5.74) is 2.84. The van der Waals surface area contributed by atoms with Gasteiger partial charge in [-0.3, -0.25) is 4.40 Å². The molecule has 3 heterocycles. The Morgan fingerprint density at radius 1 is 1.56 bits per heavy atom. The molecule has 80 valence electrons. The predicted molar refractivity (Wildman–Crippen MR) is 62.3 cm³/mol. The number of aromatic nitrogens is 2. The fourth-order valence-corrected chi connectivity index (χ4v) is 2.63. The van der Waals surface area contributed by atoms with Gasteiger partial charge >= 0.3 is 5.97 Å². The van der Waals surface area contributed by atoms with Gasteiger partial charge in [0, 0.05) is 6.20 Å². The lowest BCUT2D eigenvalue weighted by Crippen LogP contribution is -1.91. The summed E-state index contributed by atoms with van der Waals surface area (Å²) in [6, 6.07) is 5.59. The van der Waals surface area contributed by atoms with Crippen molar-refractivity contribution in [1.82, 2.24) is 9.38 Å². The minimum atomic E-state index is -0.899. The van der Waals surface area contributed by atoms with E-state index in [1.165, 1.54) is 11.3 Å². The lowest BCUT2D eigenvalue weighted by atomic mass is 10.3. The molecule has 0 bridgehead atoms. The first-order valence-corrected chi connectivity index (χ1v) is 5.59. The fraction of sp³-hybridized carbons (Fsp3) is 0.0909.